The van der Waals surface area contributed by atoms with Crippen LogP contribution in [0.1, 0.15) is 36.7 Å². The van der Waals surface area contributed by atoms with Crippen LogP contribution in [-0.4, -0.2) is 11.7 Å². The summed E-state index contributed by atoms with van der Waals surface area (Å²) in [5, 5.41) is 0. The van der Waals surface area contributed by atoms with E-state index < -0.39 is 5.91 Å². The van der Waals surface area contributed by atoms with E-state index in [2.05, 4.69) is 0 Å². The van der Waals surface area contributed by atoms with Crippen LogP contribution in [-0.2, 0) is 11.2 Å². The molecule has 0 unspecified atom stereocenters. The molecule has 1 aromatic carbocycles. The summed E-state index contributed by atoms with van der Waals surface area (Å²) in [5.41, 5.74) is 6.17. The van der Waals surface area contributed by atoms with Crippen molar-refractivity contribution in [3.05, 3.63) is 35.4 Å². The zero-order valence-corrected chi connectivity index (χ0v) is 9.91. The third-order valence-electron chi connectivity index (χ3n) is 2.44. The summed E-state index contributed by atoms with van der Waals surface area (Å²) >= 11 is 0. The summed E-state index contributed by atoms with van der Waals surface area (Å²) in [6.07, 6.45) is 0.391. The van der Waals surface area contributed by atoms with E-state index >= 15 is 0 Å². The van der Waals surface area contributed by atoms with Crippen LogP contribution in [0.15, 0.2) is 24.3 Å². The molecule has 0 fully saturated rings. The van der Waals surface area contributed by atoms with Gasteiger partial charge in [-0.25, -0.2) is 0 Å². The molecule has 2 N–H and O–H groups in total. The standard InChI is InChI=1S/C13H17NO2/c1-13(2,3)11(15)8-9-4-6-10(7-5-9)12(14)16/h4-7H,8H2,1-3H3,(H2,14,16). The van der Waals surface area contributed by atoms with Crippen molar-refractivity contribution in [2.45, 2.75) is 27.2 Å². The fourth-order valence-electron chi connectivity index (χ4n) is 1.24. The lowest BCUT2D eigenvalue weighted by atomic mass is 9.87. The maximum atomic E-state index is 11.8. The summed E-state index contributed by atoms with van der Waals surface area (Å²) in [6, 6.07) is 6.83. The number of carbonyl (C=O) groups excluding carboxylic acids is 2. The fraction of sp³-hybridized carbons (Fsp3) is 0.385. The molecule has 0 spiro atoms. The molecule has 0 aliphatic carbocycles. The van der Waals surface area contributed by atoms with Crippen molar-refractivity contribution in [1.82, 2.24) is 0 Å². The maximum Gasteiger partial charge on any atom is 0.248 e. The third-order valence-corrected chi connectivity index (χ3v) is 2.44. The minimum absolute atomic E-state index is 0.180. The first-order valence-corrected chi connectivity index (χ1v) is 5.23. The van der Waals surface area contributed by atoms with Gasteiger partial charge in [0.2, 0.25) is 5.91 Å². The largest absolute Gasteiger partial charge is 0.366 e. The normalized spacial score (nSPS) is 11.2. The van der Waals surface area contributed by atoms with E-state index in [4.69, 9.17) is 5.73 Å². The number of amides is 1. The molecule has 16 heavy (non-hydrogen) atoms. The Morgan fingerprint density at radius 1 is 1.12 bits per heavy atom. The number of primary amides is 1. The van der Waals surface area contributed by atoms with E-state index in [9.17, 15) is 9.59 Å². The number of Topliss-reactive ketones (excluding diaryl/α,β-unsaturated/α-hetero) is 1. The predicted octanol–water partition coefficient (Wildman–Crippen LogP) is 1.94. The number of ketones is 1. The molecule has 0 bridgehead atoms. The van der Waals surface area contributed by atoms with Crippen LogP contribution in [0.3, 0.4) is 0 Å². The van der Waals surface area contributed by atoms with E-state index in [1.807, 2.05) is 20.8 Å². The maximum absolute atomic E-state index is 11.8. The first-order valence-electron chi connectivity index (χ1n) is 5.23. The second-order valence-electron chi connectivity index (χ2n) is 4.91. The van der Waals surface area contributed by atoms with E-state index in [-0.39, 0.29) is 11.2 Å². The lowest BCUT2D eigenvalue weighted by Crippen LogP contribution is -2.22. The molecule has 0 heterocycles. The summed E-state index contributed by atoms with van der Waals surface area (Å²) < 4.78 is 0. The van der Waals surface area contributed by atoms with Crippen LogP contribution in [0.5, 0.6) is 0 Å². The summed E-state index contributed by atoms with van der Waals surface area (Å²) in [7, 11) is 0. The van der Waals surface area contributed by atoms with Gasteiger partial charge in [-0.2, -0.15) is 0 Å². The van der Waals surface area contributed by atoms with Gasteiger partial charge in [0.15, 0.2) is 0 Å². The van der Waals surface area contributed by atoms with Crippen LogP contribution in [0, 0.1) is 5.41 Å². The molecule has 0 aromatic heterocycles. The number of hydrogen-bond acceptors (Lipinski definition) is 2. The second-order valence-corrected chi connectivity index (χ2v) is 4.91. The monoisotopic (exact) mass is 219 g/mol. The van der Waals surface area contributed by atoms with Crippen molar-refractivity contribution >= 4 is 11.7 Å². The van der Waals surface area contributed by atoms with Gasteiger partial charge in [0, 0.05) is 17.4 Å². The Hall–Kier alpha value is -1.64. The van der Waals surface area contributed by atoms with Gasteiger partial charge < -0.3 is 5.73 Å². The first-order chi connectivity index (χ1) is 7.30. The van der Waals surface area contributed by atoms with Gasteiger partial charge in [0.25, 0.3) is 0 Å². The molecule has 0 saturated heterocycles. The molecule has 1 rings (SSSR count). The average Bonchev–Trinajstić information content (AvgIpc) is 2.17. The van der Waals surface area contributed by atoms with Crippen molar-refractivity contribution in [3.63, 3.8) is 0 Å². The Balaban J connectivity index is 2.77. The first kappa shape index (κ1) is 12.4. The van der Waals surface area contributed by atoms with E-state index in [0.29, 0.717) is 12.0 Å². The molecular formula is C13H17NO2. The van der Waals surface area contributed by atoms with Crippen molar-refractivity contribution in [2.24, 2.45) is 11.1 Å². The van der Waals surface area contributed by atoms with Crippen LogP contribution in [0.2, 0.25) is 0 Å². The topological polar surface area (TPSA) is 60.2 Å². The minimum Gasteiger partial charge on any atom is -0.366 e. The Morgan fingerprint density at radius 2 is 1.62 bits per heavy atom. The number of nitrogens with two attached hydrogens (primary N) is 1. The smallest absolute Gasteiger partial charge is 0.248 e. The van der Waals surface area contributed by atoms with Crippen molar-refractivity contribution in [3.8, 4) is 0 Å². The molecule has 0 aliphatic rings. The lowest BCUT2D eigenvalue weighted by molar-refractivity contribution is -0.125. The highest BCUT2D eigenvalue weighted by Crippen LogP contribution is 2.18. The molecular weight excluding hydrogens is 202 g/mol. The second kappa shape index (κ2) is 4.47. The fourth-order valence-corrected chi connectivity index (χ4v) is 1.24. The summed E-state index contributed by atoms with van der Waals surface area (Å²) in [5.74, 6) is -0.270. The number of rotatable bonds is 3. The van der Waals surface area contributed by atoms with Gasteiger partial charge in [-0.15, -0.1) is 0 Å². The number of carbonyl (C=O) groups is 2. The van der Waals surface area contributed by atoms with Gasteiger partial charge in [-0.05, 0) is 17.7 Å². The SMILES string of the molecule is CC(C)(C)C(=O)Cc1ccc(C(N)=O)cc1. The quantitative estimate of drug-likeness (QED) is 0.844. The van der Waals surface area contributed by atoms with Crippen LogP contribution >= 0.6 is 0 Å². The highest BCUT2D eigenvalue weighted by molar-refractivity contribution is 5.93. The third kappa shape index (κ3) is 3.19. The molecule has 86 valence electrons. The number of benzene rings is 1. The molecule has 3 heteroatoms. The number of hydrogen-bond donors (Lipinski definition) is 1. The molecule has 1 amide bonds. The van der Waals surface area contributed by atoms with Crippen LogP contribution in [0.25, 0.3) is 0 Å². The summed E-state index contributed by atoms with van der Waals surface area (Å²) in [4.78, 5) is 22.6. The van der Waals surface area contributed by atoms with Gasteiger partial charge in [-0.1, -0.05) is 32.9 Å². The molecule has 0 aliphatic heterocycles. The highest BCUT2D eigenvalue weighted by Gasteiger charge is 2.20. The van der Waals surface area contributed by atoms with Gasteiger partial charge in [0.05, 0.1) is 0 Å². The molecule has 0 saturated carbocycles. The molecule has 0 radical (unpaired) electrons. The van der Waals surface area contributed by atoms with Gasteiger partial charge >= 0.3 is 0 Å². The van der Waals surface area contributed by atoms with Crippen molar-refractivity contribution in [1.29, 1.82) is 0 Å². The summed E-state index contributed by atoms with van der Waals surface area (Å²) in [6.45, 7) is 5.69. The van der Waals surface area contributed by atoms with Crippen molar-refractivity contribution in [2.75, 3.05) is 0 Å². The van der Waals surface area contributed by atoms with Crippen LogP contribution in [0.4, 0.5) is 0 Å². The van der Waals surface area contributed by atoms with Gasteiger partial charge in [0.1, 0.15) is 5.78 Å². The molecule has 3 nitrogen and oxygen atoms in total. The highest BCUT2D eigenvalue weighted by atomic mass is 16.1. The van der Waals surface area contributed by atoms with Crippen LogP contribution < -0.4 is 5.73 Å². The zero-order chi connectivity index (χ0) is 12.3. The molecule has 1 aromatic rings. The Labute approximate surface area is 95.6 Å². The minimum atomic E-state index is -0.450. The van der Waals surface area contributed by atoms with Crippen molar-refractivity contribution < 1.29 is 9.59 Å². The average molecular weight is 219 g/mol. The van der Waals surface area contributed by atoms with E-state index in [1.165, 1.54) is 0 Å². The Morgan fingerprint density at radius 3 is 2.00 bits per heavy atom. The Kier molecular flexibility index (Phi) is 3.48. The van der Waals surface area contributed by atoms with E-state index in [0.717, 1.165) is 5.56 Å². The lowest BCUT2D eigenvalue weighted by Gasteiger charge is -2.16. The molecule has 0 atom stereocenters. The van der Waals surface area contributed by atoms with Gasteiger partial charge in [-0.3, -0.25) is 9.59 Å². The Bertz CT molecular complexity index is 399. The predicted molar refractivity (Wildman–Crippen MR) is 63.1 cm³/mol. The zero-order valence-electron chi connectivity index (χ0n) is 9.91. The van der Waals surface area contributed by atoms with E-state index in [1.54, 1.807) is 24.3 Å².